The summed E-state index contributed by atoms with van der Waals surface area (Å²) in [7, 11) is 0. The van der Waals surface area contributed by atoms with Crippen molar-refractivity contribution in [1.29, 1.82) is 5.26 Å². The molecule has 0 atom stereocenters. The number of aromatic amines is 2. The molecule has 1 aromatic carbocycles. The van der Waals surface area contributed by atoms with E-state index in [4.69, 9.17) is 4.74 Å². The zero-order valence-corrected chi connectivity index (χ0v) is 19.7. The van der Waals surface area contributed by atoms with Crippen LogP contribution in [0.4, 0.5) is 26.3 Å². The van der Waals surface area contributed by atoms with Crippen LogP contribution in [-0.4, -0.2) is 31.2 Å². The highest BCUT2D eigenvalue weighted by atomic mass is 19.3. The van der Waals surface area contributed by atoms with Crippen molar-refractivity contribution in [2.45, 2.75) is 32.2 Å². The van der Waals surface area contributed by atoms with Crippen LogP contribution in [0.1, 0.15) is 34.4 Å². The molecule has 2 N–H and O–H groups in total. The minimum absolute atomic E-state index is 0.0378. The van der Waals surface area contributed by atoms with E-state index in [0.717, 1.165) is 6.07 Å². The predicted octanol–water partition coefficient (Wildman–Crippen LogP) is 4.64. The molecule has 0 amide bonds. The van der Waals surface area contributed by atoms with Crippen LogP contribution < -0.4 is 15.9 Å². The van der Waals surface area contributed by atoms with Crippen LogP contribution in [-0.2, 0) is 12.5 Å². The first kappa shape index (κ1) is 27.2. The predicted molar refractivity (Wildman–Crippen MR) is 123 cm³/mol. The Labute approximate surface area is 214 Å². The fourth-order valence-electron chi connectivity index (χ4n) is 3.56. The summed E-state index contributed by atoms with van der Waals surface area (Å²) in [5, 5.41) is 15.7. The lowest BCUT2D eigenvalue weighted by atomic mass is 10.0. The Morgan fingerprint density at radius 2 is 1.87 bits per heavy atom. The smallest absolute Gasteiger partial charge is 0.352 e. The molecule has 9 nitrogen and oxygen atoms in total. The van der Waals surface area contributed by atoms with Gasteiger partial charge in [-0.1, -0.05) is 0 Å². The van der Waals surface area contributed by atoms with Gasteiger partial charge in [-0.2, -0.15) is 19.1 Å². The first-order valence-electron chi connectivity index (χ1n) is 10.9. The van der Waals surface area contributed by atoms with Crippen molar-refractivity contribution >= 4 is 0 Å². The van der Waals surface area contributed by atoms with Crippen molar-refractivity contribution in [2.24, 2.45) is 0 Å². The van der Waals surface area contributed by atoms with Gasteiger partial charge in [-0.25, -0.2) is 22.5 Å². The molecule has 0 saturated heterocycles. The Balaban J connectivity index is 1.83. The fraction of sp³-hybridized carbons (Fsp3) is 0.208. The summed E-state index contributed by atoms with van der Waals surface area (Å²) in [5.74, 6) is -6.97. The second-order valence-electron chi connectivity index (χ2n) is 8.18. The maximum atomic E-state index is 14.4. The van der Waals surface area contributed by atoms with Gasteiger partial charge in [0.05, 0.1) is 35.9 Å². The van der Waals surface area contributed by atoms with Crippen LogP contribution in [0, 0.1) is 18.3 Å². The number of nitriles is 1. The number of alkyl halides is 6. The van der Waals surface area contributed by atoms with Crippen LogP contribution in [0.3, 0.4) is 0 Å². The summed E-state index contributed by atoms with van der Waals surface area (Å²) in [6.45, 7) is 0.685. The van der Waals surface area contributed by atoms with Gasteiger partial charge in [-0.3, -0.25) is 19.3 Å². The van der Waals surface area contributed by atoms with Crippen molar-refractivity contribution in [3.05, 3.63) is 91.5 Å². The molecule has 0 bridgehead atoms. The van der Waals surface area contributed by atoms with Crippen LogP contribution in [0.15, 0.2) is 52.4 Å². The molecule has 4 rings (SSSR count). The second-order valence-corrected chi connectivity index (χ2v) is 8.18. The Morgan fingerprint density at radius 3 is 2.46 bits per heavy atom. The molecule has 4 aromatic rings. The van der Waals surface area contributed by atoms with E-state index >= 15 is 0 Å². The van der Waals surface area contributed by atoms with E-state index in [1.165, 1.54) is 25.3 Å². The van der Waals surface area contributed by atoms with Gasteiger partial charge in [0.25, 0.3) is 17.5 Å². The van der Waals surface area contributed by atoms with Gasteiger partial charge in [0, 0.05) is 22.9 Å². The van der Waals surface area contributed by atoms with E-state index in [1.54, 1.807) is 12.1 Å². The van der Waals surface area contributed by atoms with E-state index in [2.05, 4.69) is 20.2 Å². The highest BCUT2D eigenvalue weighted by Gasteiger charge is 2.48. The SMILES string of the molecule is Cc1c(C#N)cc(C(F)F)cc1Oc1c(C(F)(F)C(F)F)ncn(Cc2ccc(-c3ccn[nH]3)[nH]c2=O)c1=O. The lowest BCUT2D eigenvalue weighted by Crippen LogP contribution is -2.32. The number of H-pyrrole nitrogens is 2. The molecular weight excluding hydrogens is 534 g/mol. The molecule has 0 aliphatic rings. The van der Waals surface area contributed by atoms with Gasteiger partial charge in [0.15, 0.2) is 5.69 Å². The van der Waals surface area contributed by atoms with E-state index in [9.17, 15) is 41.2 Å². The maximum absolute atomic E-state index is 14.4. The Kier molecular flexibility index (Phi) is 7.30. The van der Waals surface area contributed by atoms with Crippen molar-refractivity contribution in [2.75, 3.05) is 0 Å². The van der Waals surface area contributed by atoms with Gasteiger partial charge in [0.1, 0.15) is 5.75 Å². The van der Waals surface area contributed by atoms with Gasteiger partial charge in [0.2, 0.25) is 5.75 Å². The number of hydrogen-bond acceptors (Lipinski definition) is 6. The Bertz CT molecular complexity index is 1680. The number of benzene rings is 1. The minimum atomic E-state index is -4.97. The fourth-order valence-corrected chi connectivity index (χ4v) is 3.56. The summed E-state index contributed by atoms with van der Waals surface area (Å²) >= 11 is 0. The number of halogens is 6. The molecule has 0 unspecified atom stereocenters. The number of nitrogens with zero attached hydrogens (tertiary/aromatic N) is 4. The molecule has 39 heavy (non-hydrogen) atoms. The lowest BCUT2D eigenvalue weighted by Gasteiger charge is -2.20. The Morgan fingerprint density at radius 1 is 1.13 bits per heavy atom. The maximum Gasteiger partial charge on any atom is 0.352 e. The van der Waals surface area contributed by atoms with E-state index in [-0.39, 0.29) is 16.7 Å². The normalized spacial score (nSPS) is 11.7. The summed E-state index contributed by atoms with van der Waals surface area (Å²) in [6, 6.07) is 7.55. The average molecular weight is 550 g/mol. The lowest BCUT2D eigenvalue weighted by molar-refractivity contribution is -0.139. The number of pyridine rings is 1. The average Bonchev–Trinajstić information content (AvgIpc) is 3.43. The molecule has 0 fully saturated rings. The first-order chi connectivity index (χ1) is 18.4. The third-order valence-electron chi connectivity index (χ3n) is 5.68. The molecule has 0 aliphatic heterocycles. The van der Waals surface area contributed by atoms with Crippen LogP contribution in [0.5, 0.6) is 11.5 Å². The number of rotatable bonds is 8. The monoisotopic (exact) mass is 550 g/mol. The summed E-state index contributed by atoms with van der Waals surface area (Å²) in [5.41, 5.74) is -4.20. The molecule has 202 valence electrons. The Hall–Kier alpha value is -4.87. The zero-order chi connectivity index (χ0) is 28.5. The third kappa shape index (κ3) is 5.26. The molecule has 0 radical (unpaired) electrons. The highest BCUT2D eigenvalue weighted by molar-refractivity contribution is 5.53. The molecular formula is C24H16F6N6O3. The largest absolute Gasteiger partial charge is 0.449 e. The van der Waals surface area contributed by atoms with Crippen LogP contribution >= 0.6 is 0 Å². The molecule has 0 aliphatic carbocycles. The van der Waals surface area contributed by atoms with Crippen molar-refractivity contribution in [1.82, 2.24) is 24.7 Å². The molecule has 3 aromatic heterocycles. The highest BCUT2D eigenvalue weighted by Crippen LogP contribution is 2.39. The van der Waals surface area contributed by atoms with Crippen LogP contribution in [0.2, 0.25) is 0 Å². The van der Waals surface area contributed by atoms with Crippen molar-refractivity contribution < 1.29 is 31.1 Å². The van der Waals surface area contributed by atoms with Gasteiger partial charge >= 0.3 is 12.3 Å². The molecule has 0 saturated carbocycles. The van der Waals surface area contributed by atoms with E-state index < -0.39 is 59.2 Å². The molecule has 15 heteroatoms. The molecule has 0 spiro atoms. The van der Waals surface area contributed by atoms with Crippen LogP contribution in [0.25, 0.3) is 11.4 Å². The minimum Gasteiger partial charge on any atom is -0.449 e. The first-order valence-corrected chi connectivity index (χ1v) is 10.9. The quantitative estimate of drug-likeness (QED) is 0.308. The number of nitrogens with one attached hydrogen (secondary N) is 2. The zero-order valence-electron chi connectivity index (χ0n) is 19.7. The van der Waals surface area contributed by atoms with E-state index in [0.29, 0.717) is 28.3 Å². The number of aromatic nitrogens is 5. The third-order valence-corrected chi connectivity index (χ3v) is 5.68. The molecule has 3 heterocycles. The van der Waals surface area contributed by atoms with Gasteiger partial charge in [-0.05, 0) is 37.3 Å². The topological polar surface area (TPSA) is 129 Å². The summed E-state index contributed by atoms with van der Waals surface area (Å²) < 4.78 is 87.8. The standard InChI is InChI=1S/C24H16F6N6O3/c1-11-14(8-31)6-13(20(25)26)7-17(11)39-18-19(24(29,30)23(27)28)32-10-36(22(18)38)9-12-2-3-15(34-21(12)37)16-4-5-33-35-16/h2-7,10,20,23H,9H2,1H3,(H,33,35)(H,34,37). The number of hydrogen-bond donors (Lipinski definition) is 2. The summed E-state index contributed by atoms with van der Waals surface area (Å²) in [6.07, 6.45) is -5.43. The van der Waals surface area contributed by atoms with Gasteiger partial charge in [-0.15, -0.1) is 0 Å². The summed E-state index contributed by atoms with van der Waals surface area (Å²) in [4.78, 5) is 31.6. The second kappa shape index (κ2) is 10.5. The van der Waals surface area contributed by atoms with Gasteiger partial charge < -0.3 is 9.72 Å². The van der Waals surface area contributed by atoms with Crippen molar-refractivity contribution in [3.8, 4) is 29.0 Å². The van der Waals surface area contributed by atoms with Crippen molar-refractivity contribution in [3.63, 3.8) is 0 Å². The number of ether oxygens (including phenoxy) is 1. The van der Waals surface area contributed by atoms with E-state index in [1.807, 2.05) is 0 Å².